The van der Waals surface area contributed by atoms with E-state index in [9.17, 15) is 4.79 Å². The van der Waals surface area contributed by atoms with Gasteiger partial charge < -0.3 is 14.7 Å². The first-order valence-corrected chi connectivity index (χ1v) is 9.42. The predicted molar refractivity (Wildman–Crippen MR) is 109 cm³/mol. The Labute approximate surface area is 165 Å². The Bertz CT molecular complexity index is 914. The maximum absolute atomic E-state index is 12.6. The van der Waals surface area contributed by atoms with Crippen molar-refractivity contribution >= 4 is 5.91 Å². The van der Waals surface area contributed by atoms with Crippen molar-refractivity contribution in [2.75, 3.05) is 20.6 Å². The molecule has 6 nitrogen and oxygen atoms in total. The zero-order valence-electron chi connectivity index (χ0n) is 16.8. The summed E-state index contributed by atoms with van der Waals surface area (Å²) in [5.74, 6) is 0.927. The molecule has 1 unspecified atom stereocenters. The topological polar surface area (TPSA) is 71.3 Å². The molecule has 1 N–H and O–H groups in total. The summed E-state index contributed by atoms with van der Waals surface area (Å²) in [6, 6.07) is 15.8. The molecule has 146 valence electrons. The van der Waals surface area contributed by atoms with Crippen LogP contribution in [0, 0.1) is 6.92 Å². The highest BCUT2D eigenvalue weighted by molar-refractivity contribution is 5.94. The third-order valence-electron chi connectivity index (χ3n) is 4.77. The van der Waals surface area contributed by atoms with Gasteiger partial charge in [-0.1, -0.05) is 36.3 Å². The molecule has 0 bridgehead atoms. The lowest BCUT2D eigenvalue weighted by Gasteiger charge is -2.25. The SMILES string of the molecule is CCc1ccc(C(CNC(=O)c2ccc(-c3nc(C)no3)cc2)N(C)C)cc1. The maximum atomic E-state index is 12.6. The fraction of sp³-hybridized carbons (Fsp3) is 0.318. The van der Waals surface area contributed by atoms with Gasteiger partial charge >= 0.3 is 0 Å². The summed E-state index contributed by atoms with van der Waals surface area (Å²) in [4.78, 5) is 18.9. The first-order chi connectivity index (χ1) is 13.5. The molecule has 3 rings (SSSR count). The zero-order valence-corrected chi connectivity index (χ0v) is 16.8. The number of rotatable bonds is 7. The van der Waals surface area contributed by atoms with Crippen molar-refractivity contribution in [3.8, 4) is 11.5 Å². The molecule has 6 heteroatoms. The molecule has 0 aliphatic rings. The van der Waals surface area contributed by atoms with Gasteiger partial charge in [-0.05, 0) is 62.8 Å². The Hall–Kier alpha value is -2.99. The summed E-state index contributed by atoms with van der Waals surface area (Å²) in [5.41, 5.74) is 3.88. The van der Waals surface area contributed by atoms with Crippen LogP contribution in [0.15, 0.2) is 53.1 Å². The molecule has 1 amide bonds. The van der Waals surface area contributed by atoms with E-state index in [2.05, 4.69) is 51.5 Å². The van der Waals surface area contributed by atoms with Gasteiger partial charge in [0.2, 0.25) is 0 Å². The summed E-state index contributed by atoms with van der Waals surface area (Å²) >= 11 is 0. The van der Waals surface area contributed by atoms with Crippen molar-refractivity contribution in [1.82, 2.24) is 20.4 Å². The van der Waals surface area contributed by atoms with Crippen LogP contribution in [-0.4, -0.2) is 41.6 Å². The van der Waals surface area contributed by atoms with Gasteiger partial charge in [-0.3, -0.25) is 4.79 Å². The van der Waals surface area contributed by atoms with E-state index in [0.29, 0.717) is 23.8 Å². The highest BCUT2D eigenvalue weighted by Gasteiger charge is 2.16. The third-order valence-corrected chi connectivity index (χ3v) is 4.77. The van der Waals surface area contributed by atoms with Crippen molar-refractivity contribution in [3.63, 3.8) is 0 Å². The lowest BCUT2D eigenvalue weighted by Crippen LogP contribution is -2.34. The highest BCUT2D eigenvalue weighted by atomic mass is 16.5. The molecule has 1 aromatic heterocycles. The van der Waals surface area contributed by atoms with Crippen LogP contribution in [-0.2, 0) is 6.42 Å². The van der Waals surface area contributed by atoms with E-state index in [1.54, 1.807) is 19.1 Å². The predicted octanol–water partition coefficient (Wildman–Crippen LogP) is 3.64. The number of aromatic nitrogens is 2. The van der Waals surface area contributed by atoms with Crippen LogP contribution in [0.4, 0.5) is 0 Å². The van der Waals surface area contributed by atoms with E-state index >= 15 is 0 Å². The summed E-state index contributed by atoms with van der Waals surface area (Å²) < 4.78 is 5.15. The Balaban J connectivity index is 1.65. The molecule has 1 heterocycles. The van der Waals surface area contributed by atoms with Gasteiger partial charge in [0.05, 0.1) is 6.04 Å². The van der Waals surface area contributed by atoms with Crippen LogP contribution in [0.25, 0.3) is 11.5 Å². The monoisotopic (exact) mass is 378 g/mol. The molecule has 1 atom stereocenters. The van der Waals surface area contributed by atoms with Gasteiger partial charge in [0.25, 0.3) is 11.8 Å². The van der Waals surface area contributed by atoms with Crippen molar-refractivity contribution in [1.29, 1.82) is 0 Å². The summed E-state index contributed by atoms with van der Waals surface area (Å²) in [5, 5.41) is 6.82. The van der Waals surface area contributed by atoms with E-state index < -0.39 is 0 Å². The second kappa shape index (κ2) is 8.80. The number of nitrogens with zero attached hydrogens (tertiary/aromatic N) is 3. The summed E-state index contributed by atoms with van der Waals surface area (Å²) in [6.45, 7) is 4.44. The quantitative estimate of drug-likeness (QED) is 0.680. The lowest BCUT2D eigenvalue weighted by atomic mass is 10.0. The number of amides is 1. The number of aryl methyl sites for hydroxylation is 2. The number of benzene rings is 2. The Morgan fingerprint density at radius 1 is 1.11 bits per heavy atom. The molecule has 2 aromatic carbocycles. The number of hydrogen-bond acceptors (Lipinski definition) is 5. The molecule has 0 saturated carbocycles. The largest absolute Gasteiger partial charge is 0.350 e. The van der Waals surface area contributed by atoms with Gasteiger partial charge in [-0.15, -0.1) is 0 Å². The molecule has 0 aliphatic carbocycles. The van der Waals surface area contributed by atoms with Gasteiger partial charge in [0.15, 0.2) is 5.82 Å². The first-order valence-electron chi connectivity index (χ1n) is 9.42. The van der Waals surface area contributed by atoms with Gasteiger partial charge in [0, 0.05) is 17.7 Å². The van der Waals surface area contributed by atoms with Crippen LogP contribution in [0.5, 0.6) is 0 Å². The molecule has 0 spiro atoms. The van der Waals surface area contributed by atoms with Crippen molar-refractivity contribution in [2.24, 2.45) is 0 Å². The summed E-state index contributed by atoms with van der Waals surface area (Å²) in [7, 11) is 4.04. The van der Waals surface area contributed by atoms with Crippen molar-refractivity contribution in [2.45, 2.75) is 26.3 Å². The van der Waals surface area contributed by atoms with E-state index in [1.165, 1.54) is 11.1 Å². The molecule has 0 saturated heterocycles. The lowest BCUT2D eigenvalue weighted by molar-refractivity contribution is 0.0942. The fourth-order valence-electron chi connectivity index (χ4n) is 3.04. The minimum Gasteiger partial charge on any atom is -0.350 e. The smallest absolute Gasteiger partial charge is 0.257 e. The fourth-order valence-corrected chi connectivity index (χ4v) is 3.04. The number of carbonyl (C=O) groups is 1. The molecule has 28 heavy (non-hydrogen) atoms. The van der Waals surface area contributed by atoms with E-state index in [0.717, 1.165) is 12.0 Å². The number of nitrogens with one attached hydrogen (secondary N) is 1. The zero-order chi connectivity index (χ0) is 20.1. The third kappa shape index (κ3) is 4.64. The average molecular weight is 378 g/mol. The Kier molecular flexibility index (Phi) is 6.21. The van der Waals surface area contributed by atoms with Crippen molar-refractivity contribution < 1.29 is 9.32 Å². The van der Waals surface area contributed by atoms with Gasteiger partial charge in [-0.2, -0.15) is 4.98 Å². The van der Waals surface area contributed by atoms with E-state index in [1.807, 2.05) is 26.2 Å². The minimum absolute atomic E-state index is 0.106. The first kappa shape index (κ1) is 19.8. The molecule has 0 fully saturated rings. The van der Waals surface area contributed by atoms with Crippen LogP contribution in [0.2, 0.25) is 0 Å². The molecular weight excluding hydrogens is 352 g/mol. The van der Waals surface area contributed by atoms with Crippen LogP contribution in [0.3, 0.4) is 0 Å². The second-order valence-electron chi connectivity index (χ2n) is 7.01. The molecular formula is C22H26N4O2. The van der Waals surface area contributed by atoms with Crippen LogP contribution in [0.1, 0.15) is 40.3 Å². The maximum Gasteiger partial charge on any atom is 0.257 e. The van der Waals surface area contributed by atoms with Crippen LogP contribution >= 0.6 is 0 Å². The van der Waals surface area contributed by atoms with Crippen LogP contribution < -0.4 is 5.32 Å². The summed E-state index contributed by atoms with van der Waals surface area (Å²) in [6.07, 6.45) is 1.02. The Morgan fingerprint density at radius 3 is 2.32 bits per heavy atom. The Morgan fingerprint density at radius 2 is 1.79 bits per heavy atom. The normalized spacial score (nSPS) is 12.2. The van der Waals surface area contributed by atoms with Crippen molar-refractivity contribution in [3.05, 3.63) is 71.0 Å². The highest BCUT2D eigenvalue weighted by Crippen LogP contribution is 2.20. The second-order valence-corrected chi connectivity index (χ2v) is 7.01. The van der Waals surface area contributed by atoms with Gasteiger partial charge in [-0.25, -0.2) is 0 Å². The number of likely N-dealkylation sites (N-methyl/N-ethyl adjacent to an activating group) is 1. The molecule has 0 radical (unpaired) electrons. The number of carbonyl (C=O) groups excluding carboxylic acids is 1. The van der Waals surface area contributed by atoms with E-state index in [-0.39, 0.29) is 11.9 Å². The molecule has 0 aliphatic heterocycles. The number of hydrogen-bond donors (Lipinski definition) is 1. The minimum atomic E-state index is -0.106. The average Bonchev–Trinajstić information content (AvgIpc) is 3.14. The molecule has 3 aromatic rings. The van der Waals surface area contributed by atoms with E-state index in [4.69, 9.17) is 4.52 Å². The standard InChI is InChI=1S/C22H26N4O2/c1-5-16-6-8-17(9-7-16)20(26(3)4)14-23-21(27)18-10-12-19(13-11-18)22-24-15(2)25-28-22/h6-13,20H,5,14H2,1-4H3,(H,23,27). The van der Waals surface area contributed by atoms with Gasteiger partial charge in [0.1, 0.15) is 0 Å².